The van der Waals surface area contributed by atoms with E-state index in [9.17, 15) is 4.79 Å². The Morgan fingerprint density at radius 3 is 2.40 bits per heavy atom. The third kappa shape index (κ3) is 1.76. The molecule has 2 nitrogen and oxygen atoms in total. The summed E-state index contributed by atoms with van der Waals surface area (Å²) in [7, 11) is 1.86. The molecule has 0 aromatic heterocycles. The molecule has 0 amide bonds. The number of ether oxygens (including phenoxy) is 1. The third-order valence-corrected chi connectivity index (χ3v) is 7.43. The van der Waals surface area contributed by atoms with Crippen molar-refractivity contribution >= 4 is 5.78 Å². The van der Waals surface area contributed by atoms with Gasteiger partial charge in [-0.3, -0.25) is 4.79 Å². The lowest BCUT2D eigenvalue weighted by atomic mass is 9.43. The van der Waals surface area contributed by atoms with Crippen molar-refractivity contribution in [2.45, 2.75) is 72.3 Å². The number of hydrogen-bond acceptors (Lipinski definition) is 2. The number of Topliss-reactive ketones (excluding diaryl/α,β-unsaturated/α-hetero) is 1. The normalized spacial score (nSPS) is 50.6. The highest BCUT2D eigenvalue weighted by molar-refractivity contribution is 5.82. The molecule has 0 aromatic rings. The molecule has 3 rings (SSSR count). The minimum Gasteiger partial charge on any atom is -0.381 e. The summed E-state index contributed by atoms with van der Waals surface area (Å²) in [5, 5.41) is 0. The molecule has 20 heavy (non-hydrogen) atoms. The molecule has 0 N–H and O–H groups in total. The largest absolute Gasteiger partial charge is 0.381 e. The molecular formula is C18H30O2. The summed E-state index contributed by atoms with van der Waals surface area (Å²) in [4.78, 5) is 12.1. The number of carbonyl (C=O) groups is 1. The van der Waals surface area contributed by atoms with Crippen molar-refractivity contribution in [3.8, 4) is 0 Å². The van der Waals surface area contributed by atoms with Gasteiger partial charge in [-0.05, 0) is 53.8 Å². The molecule has 3 aliphatic rings. The number of ketones is 1. The van der Waals surface area contributed by atoms with E-state index in [2.05, 4.69) is 27.7 Å². The Morgan fingerprint density at radius 1 is 1.05 bits per heavy atom. The van der Waals surface area contributed by atoms with Crippen LogP contribution in [0.4, 0.5) is 0 Å². The highest BCUT2D eigenvalue weighted by atomic mass is 16.5. The molecule has 3 aliphatic carbocycles. The fraction of sp³-hybridized carbons (Fsp3) is 0.944. The smallest absolute Gasteiger partial charge is 0.133 e. The molecule has 5 atom stereocenters. The lowest BCUT2D eigenvalue weighted by Gasteiger charge is -2.62. The van der Waals surface area contributed by atoms with Gasteiger partial charge in [0.1, 0.15) is 5.78 Å². The average molecular weight is 278 g/mol. The molecule has 0 aliphatic heterocycles. The van der Waals surface area contributed by atoms with Crippen LogP contribution in [-0.4, -0.2) is 19.0 Å². The summed E-state index contributed by atoms with van der Waals surface area (Å²) in [6.45, 7) is 9.64. The van der Waals surface area contributed by atoms with E-state index in [0.717, 1.165) is 19.3 Å². The van der Waals surface area contributed by atoms with Crippen LogP contribution < -0.4 is 0 Å². The highest BCUT2D eigenvalue weighted by Gasteiger charge is 2.62. The van der Waals surface area contributed by atoms with Gasteiger partial charge >= 0.3 is 0 Å². The van der Waals surface area contributed by atoms with Gasteiger partial charge < -0.3 is 4.74 Å². The Bertz CT molecular complexity index is 427. The first-order valence-corrected chi connectivity index (χ1v) is 8.28. The summed E-state index contributed by atoms with van der Waals surface area (Å²) in [6.07, 6.45) is 6.91. The predicted octanol–water partition coefficient (Wildman–Crippen LogP) is 4.22. The zero-order valence-corrected chi connectivity index (χ0v) is 13.8. The van der Waals surface area contributed by atoms with Gasteiger partial charge in [0.15, 0.2) is 0 Å². The lowest BCUT2D eigenvalue weighted by molar-refractivity contribution is -0.170. The number of methoxy groups -OCH3 is 1. The molecule has 3 fully saturated rings. The van der Waals surface area contributed by atoms with Crippen molar-refractivity contribution in [2.24, 2.45) is 28.1 Å². The van der Waals surface area contributed by atoms with E-state index >= 15 is 0 Å². The standard InChI is InChI=1S/C18H30O2/c1-16(2)13-6-8-17(3)11-12(19)10-14(17)18(13,4)9-7-15(16)20-5/h13-15H,6-11H2,1-5H3/t13-,14-,15+,17-,18+/m1/s1. The Labute approximate surface area is 123 Å². The maximum Gasteiger partial charge on any atom is 0.133 e. The third-order valence-electron chi connectivity index (χ3n) is 7.43. The van der Waals surface area contributed by atoms with Crippen LogP contribution in [0.1, 0.15) is 66.2 Å². The Balaban J connectivity index is 1.98. The number of carbonyl (C=O) groups excluding carboxylic acids is 1. The van der Waals surface area contributed by atoms with Crippen LogP contribution in [0.3, 0.4) is 0 Å². The Kier molecular flexibility index (Phi) is 3.14. The van der Waals surface area contributed by atoms with Crippen LogP contribution >= 0.6 is 0 Å². The molecule has 2 heteroatoms. The van der Waals surface area contributed by atoms with Gasteiger partial charge in [0.2, 0.25) is 0 Å². The van der Waals surface area contributed by atoms with Crippen LogP contribution in [0, 0.1) is 28.1 Å². The van der Waals surface area contributed by atoms with E-state index in [0.29, 0.717) is 29.1 Å². The van der Waals surface area contributed by atoms with Crippen molar-refractivity contribution < 1.29 is 9.53 Å². The van der Waals surface area contributed by atoms with Gasteiger partial charge in [-0.2, -0.15) is 0 Å². The lowest BCUT2D eigenvalue weighted by Crippen LogP contribution is -2.57. The quantitative estimate of drug-likeness (QED) is 0.717. The van der Waals surface area contributed by atoms with E-state index in [1.54, 1.807) is 0 Å². The molecule has 3 saturated carbocycles. The van der Waals surface area contributed by atoms with Gasteiger partial charge in [-0.25, -0.2) is 0 Å². The van der Waals surface area contributed by atoms with Crippen LogP contribution in [-0.2, 0) is 9.53 Å². The fourth-order valence-corrected chi connectivity index (χ4v) is 6.49. The molecule has 0 saturated heterocycles. The van der Waals surface area contributed by atoms with Gasteiger partial charge in [-0.15, -0.1) is 0 Å². The molecule has 114 valence electrons. The van der Waals surface area contributed by atoms with Crippen molar-refractivity contribution in [3.05, 3.63) is 0 Å². The molecule has 0 spiro atoms. The van der Waals surface area contributed by atoms with Crippen LogP contribution in [0.5, 0.6) is 0 Å². The van der Waals surface area contributed by atoms with Crippen LogP contribution in [0.15, 0.2) is 0 Å². The van der Waals surface area contributed by atoms with E-state index < -0.39 is 0 Å². The van der Waals surface area contributed by atoms with Crippen molar-refractivity contribution in [3.63, 3.8) is 0 Å². The molecule has 0 heterocycles. The number of rotatable bonds is 1. The average Bonchev–Trinajstić information content (AvgIpc) is 2.65. The zero-order valence-electron chi connectivity index (χ0n) is 13.8. The van der Waals surface area contributed by atoms with E-state index in [-0.39, 0.29) is 10.8 Å². The van der Waals surface area contributed by atoms with Crippen molar-refractivity contribution in [2.75, 3.05) is 7.11 Å². The first-order valence-electron chi connectivity index (χ1n) is 8.28. The van der Waals surface area contributed by atoms with Crippen LogP contribution in [0.2, 0.25) is 0 Å². The van der Waals surface area contributed by atoms with Gasteiger partial charge in [0, 0.05) is 20.0 Å². The minimum absolute atomic E-state index is 0.231. The maximum atomic E-state index is 12.1. The second kappa shape index (κ2) is 4.32. The molecule has 0 bridgehead atoms. The number of hydrogen-bond donors (Lipinski definition) is 0. The maximum absolute atomic E-state index is 12.1. The minimum atomic E-state index is 0.231. The summed E-state index contributed by atoms with van der Waals surface area (Å²) >= 11 is 0. The fourth-order valence-electron chi connectivity index (χ4n) is 6.49. The van der Waals surface area contributed by atoms with E-state index in [4.69, 9.17) is 4.74 Å². The van der Waals surface area contributed by atoms with Gasteiger partial charge in [0.05, 0.1) is 6.10 Å². The molecule has 0 unspecified atom stereocenters. The molecule has 0 aromatic carbocycles. The SMILES string of the molecule is CO[C@H]1CC[C@@]2(C)[C@H](CC[C@]3(C)CC(=O)C[C@H]32)C1(C)C. The topological polar surface area (TPSA) is 26.3 Å². The van der Waals surface area contributed by atoms with Gasteiger partial charge in [0.25, 0.3) is 0 Å². The molecular weight excluding hydrogens is 248 g/mol. The van der Waals surface area contributed by atoms with E-state index in [1.807, 2.05) is 7.11 Å². The van der Waals surface area contributed by atoms with E-state index in [1.165, 1.54) is 19.3 Å². The summed E-state index contributed by atoms with van der Waals surface area (Å²) in [6, 6.07) is 0. The summed E-state index contributed by atoms with van der Waals surface area (Å²) in [5.41, 5.74) is 0.838. The second-order valence-corrected chi connectivity index (χ2v) is 8.81. The summed E-state index contributed by atoms with van der Waals surface area (Å²) in [5.74, 6) is 1.79. The second-order valence-electron chi connectivity index (χ2n) is 8.81. The Morgan fingerprint density at radius 2 is 1.75 bits per heavy atom. The predicted molar refractivity (Wildman–Crippen MR) is 80.5 cm³/mol. The first-order chi connectivity index (χ1) is 9.24. The van der Waals surface area contributed by atoms with Gasteiger partial charge in [-0.1, -0.05) is 27.7 Å². The highest BCUT2D eigenvalue weighted by Crippen LogP contribution is 2.67. The zero-order chi connectivity index (χ0) is 14.8. The Hall–Kier alpha value is -0.370. The monoisotopic (exact) mass is 278 g/mol. The van der Waals surface area contributed by atoms with Crippen molar-refractivity contribution in [1.82, 2.24) is 0 Å². The first kappa shape index (κ1) is 14.6. The summed E-state index contributed by atoms with van der Waals surface area (Å²) < 4.78 is 5.79. The molecule has 0 radical (unpaired) electrons. The number of fused-ring (bicyclic) bond motifs is 3. The van der Waals surface area contributed by atoms with Crippen molar-refractivity contribution in [1.29, 1.82) is 0 Å². The van der Waals surface area contributed by atoms with Crippen LogP contribution in [0.25, 0.3) is 0 Å².